The Morgan fingerprint density at radius 2 is 1.90 bits per heavy atom. The van der Waals surface area contributed by atoms with Crippen LogP contribution in [-0.2, 0) is 0 Å². The van der Waals surface area contributed by atoms with Crippen molar-refractivity contribution >= 4 is 5.82 Å². The smallest absolute Gasteiger partial charge is 0.128 e. The molecule has 3 heterocycles. The Kier molecular flexibility index (Phi) is 5.13. The van der Waals surface area contributed by atoms with Crippen molar-refractivity contribution in [3.63, 3.8) is 0 Å². The molecule has 0 spiro atoms. The number of aromatic nitrogens is 1. The molecule has 2 aliphatic rings. The second kappa shape index (κ2) is 7.26. The van der Waals surface area contributed by atoms with Crippen LogP contribution >= 0.6 is 0 Å². The Morgan fingerprint density at radius 3 is 2.62 bits per heavy atom. The van der Waals surface area contributed by atoms with E-state index in [-0.39, 0.29) is 0 Å². The van der Waals surface area contributed by atoms with Gasteiger partial charge in [-0.25, -0.2) is 4.98 Å². The summed E-state index contributed by atoms with van der Waals surface area (Å²) in [4.78, 5) is 9.85. The maximum Gasteiger partial charge on any atom is 0.128 e. The van der Waals surface area contributed by atoms with Gasteiger partial charge in [0, 0.05) is 25.3 Å². The highest BCUT2D eigenvalue weighted by Gasteiger charge is 2.24. The number of unbranched alkanes of at least 4 members (excludes halogenated alkanes) is 1. The minimum atomic E-state index is 0.602. The fourth-order valence-corrected chi connectivity index (χ4v) is 3.73. The number of pyridine rings is 1. The van der Waals surface area contributed by atoms with Crippen LogP contribution in [0.4, 0.5) is 5.82 Å². The van der Waals surface area contributed by atoms with Gasteiger partial charge >= 0.3 is 0 Å². The van der Waals surface area contributed by atoms with E-state index in [0.29, 0.717) is 6.04 Å². The molecular weight excluding hydrogens is 258 g/mol. The summed E-state index contributed by atoms with van der Waals surface area (Å²) >= 11 is 0. The Morgan fingerprint density at radius 1 is 1.10 bits per heavy atom. The highest BCUT2D eigenvalue weighted by atomic mass is 15.2. The van der Waals surface area contributed by atoms with Crippen molar-refractivity contribution in [2.45, 2.75) is 57.9 Å². The molecule has 1 aromatic heterocycles. The van der Waals surface area contributed by atoms with Crippen LogP contribution in [0, 0.1) is 0 Å². The molecule has 0 aliphatic carbocycles. The predicted octanol–water partition coefficient (Wildman–Crippen LogP) is 4.01. The van der Waals surface area contributed by atoms with E-state index < -0.39 is 0 Å². The number of anilines is 1. The predicted molar refractivity (Wildman–Crippen MR) is 88.8 cm³/mol. The Bertz CT molecular complexity index is 423. The van der Waals surface area contributed by atoms with E-state index in [0.717, 1.165) is 0 Å². The van der Waals surface area contributed by atoms with E-state index in [2.05, 4.69) is 35.1 Å². The van der Waals surface area contributed by atoms with Gasteiger partial charge in [-0.15, -0.1) is 0 Å². The summed E-state index contributed by atoms with van der Waals surface area (Å²) < 4.78 is 0. The van der Waals surface area contributed by atoms with Gasteiger partial charge in [0.05, 0.1) is 0 Å². The van der Waals surface area contributed by atoms with Gasteiger partial charge in [0.2, 0.25) is 0 Å². The highest BCUT2D eigenvalue weighted by molar-refractivity contribution is 5.40. The summed E-state index contributed by atoms with van der Waals surface area (Å²) in [7, 11) is 0. The standard InChI is InChI=1S/C18H29N3/c1-2-3-11-20-12-5-4-8-17(20)16-9-10-18(19-15-16)21-13-6-7-14-21/h9-10,15,17H,2-8,11-14H2,1H3/t17-/m1/s1. The number of rotatable bonds is 5. The van der Waals surface area contributed by atoms with Crippen molar-refractivity contribution < 1.29 is 0 Å². The SMILES string of the molecule is CCCCN1CCCC[C@@H]1c1ccc(N2CCCC2)nc1. The lowest BCUT2D eigenvalue weighted by molar-refractivity contribution is 0.146. The molecule has 2 fully saturated rings. The monoisotopic (exact) mass is 287 g/mol. The average molecular weight is 287 g/mol. The first-order chi connectivity index (χ1) is 10.4. The molecule has 0 unspecified atom stereocenters. The van der Waals surface area contributed by atoms with E-state index in [1.54, 1.807) is 0 Å². The third-order valence-corrected chi connectivity index (χ3v) is 5.00. The molecular formula is C18H29N3. The van der Waals surface area contributed by atoms with E-state index in [9.17, 15) is 0 Å². The van der Waals surface area contributed by atoms with E-state index in [4.69, 9.17) is 4.98 Å². The van der Waals surface area contributed by atoms with Crippen LogP contribution in [0.25, 0.3) is 0 Å². The van der Waals surface area contributed by atoms with E-state index >= 15 is 0 Å². The van der Waals surface area contributed by atoms with Gasteiger partial charge < -0.3 is 4.90 Å². The van der Waals surface area contributed by atoms with E-state index in [1.165, 1.54) is 82.5 Å². The summed E-state index contributed by atoms with van der Waals surface area (Å²) in [5.41, 5.74) is 1.42. The summed E-state index contributed by atoms with van der Waals surface area (Å²) in [5.74, 6) is 1.17. The summed E-state index contributed by atoms with van der Waals surface area (Å²) in [6.45, 7) is 7.15. The maximum atomic E-state index is 4.75. The molecule has 0 saturated carbocycles. The number of hydrogen-bond acceptors (Lipinski definition) is 3. The van der Waals surface area contributed by atoms with Crippen molar-refractivity contribution in [2.75, 3.05) is 31.1 Å². The lowest BCUT2D eigenvalue weighted by Crippen LogP contribution is -2.34. The van der Waals surface area contributed by atoms with Crippen LogP contribution < -0.4 is 4.90 Å². The lowest BCUT2D eigenvalue weighted by atomic mass is 9.96. The molecule has 2 aliphatic heterocycles. The molecule has 3 nitrogen and oxygen atoms in total. The minimum absolute atomic E-state index is 0.602. The molecule has 0 radical (unpaired) electrons. The second-order valence-electron chi connectivity index (χ2n) is 6.54. The maximum absolute atomic E-state index is 4.75. The molecule has 3 heteroatoms. The molecule has 0 N–H and O–H groups in total. The molecule has 116 valence electrons. The fourth-order valence-electron chi connectivity index (χ4n) is 3.73. The summed E-state index contributed by atoms with van der Waals surface area (Å²) in [6, 6.07) is 5.17. The highest BCUT2D eigenvalue weighted by Crippen LogP contribution is 2.31. The topological polar surface area (TPSA) is 19.4 Å². The van der Waals surface area contributed by atoms with Crippen molar-refractivity contribution in [3.8, 4) is 0 Å². The molecule has 1 aromatic rings. The summed E-state index contributed by atoms with van der Waals surface area (Å²) in [5, 5.41) is 0. The van der Waals surface area contributed by atoms with E-state index in [1.807, 2.05) is 0 Å². The zero-order valence-electron chi connectivity index (χ0n) is 13.4. The van der Waals surface area contributed by atoms with Gasteiger partial charge in [-0.3, -0.25) is 4.90 Å². The van der Waals surface area contributed by atoms with Gasteiger partial charge in [-0.05, 0) is 56.8 Å². The lowest BCUT2D eigenvalue weighted by Gasteiger charge is -2.36. The molecule has 0 bridgehead atoms. The normalized spacial score (nSPS) is 23.7. The van der Waals surface area contributed by atoms with Crippen LogP contribution in [0.1, 0.15) is 63.5 Å². The van der Waals surface area contributed by atoms with Crippen LogP contribution in [0.2, 0.25) is 0 Å². The first-order valence-corrected chi connectivity index (χ1v) is 8.83. The fraction of sp³-hybridized carbons (Fsp3) is 0.722. The zero-order chi connectivity index (χ0) is 14.5. The van der Waals surface area contributed by atoms with Crippen molar-refractivity contribution in [3.05, 3.63) is 23.9 Å². The van der Waals surface area contributed by atoms with Crippen LogP contribution in [0.3, 0.4) is 0 Å². The number of hydrogen-bond donors (Lipinski definition) is 0. The number of nitrogens with zero attached hydrogens (tertiary/aromatic N) is 3. The average Bonchev–Trinajstić information content (AvgIpc) is 3.08. The second-order valence-corrected chi connectivity index (χ2v) is 6.54. The molecule has 0 aromatic carbocycles. The van der Waals surface area contributed by atoms with Gasteiger partial charge in [0.15, 0.2) is 0 Å². The minimum Gasteiger partial charge on any atom is -0.357 e. The van der Waals surface area contributed by atoms with Crippen LogP contribution in [0.5, 0.6) is 0 Å². The quantitative estimate of drug-likeness (QED) is 0.815. The molecule has 0 amide bonds. The van der Waals surface area contributed by atoms with Gasteiger partial charge in [-0.2, -0.15) is 0 Å². The first kappa shape index (κ1) is 14.8. The summed E-state index contributed by atoms with van der Waals surface area (Å²) in [6.07, 6.45) is 11.4. The van der Waals surface area contributed by atoms with Crippen molar-refractivity contribution in [1.29, 1.82) is 0 Å². The Balaban J connectivity index is 1.68. The van der Waals surface area contributed by atoms with Gasteiger partial charge in [0.1, 0.15) is 5.82 Å². The van der Waals surface area contributed by atoms with Crippen molar-refractivity contribution in [2.24, 2.45) is 0 Å². The number of likely N-dealkylation sites (tertiary alicyclic amines) is 1. The molecule has 1 atom stereocenters. The Labute approximate surface area is 129 Å². The largest absolute Gasteiger partial charge is 0.357 e. The third-order valence-electron chi connectivity index (χ3n) is 5.00. The van der Waals surface area contributed by atoms with Crippen molar-refractivity contribution in [1.82, 2.24) is 9.88 Å². The number of piperidine rings is 1. The first-order valence-electron chi connectivity index (χ1n) is 8.83. The van der Waals surface area contributed by atoms with Crippen LogP contribution in [0.15, 0.2) is 18.3 Å². The third kappa shape index (κ3) is 3.57. The van der Waals surface area contributed by atoms with Gasteiger partial charge in [0.25, 0.3) is 0 Å². The molecule has 3 rings (SSSR count). The van der Waals surface area contributed by atoms with Crippen LogP contribution in [-0.4, -0.2) is 36.1 Å². The van der Waals surface area contributed by atoms with Gasteiger partial charge in [-0.1, -0.05) is 25.8 Å². The molecule has 2 saturated heterocycles. The zero-order valence-corrected chi connectivity index (χ0v) is 13.4. The molecule has 21 heavy (non-hydrogen) atoms. The Hall–Kier alpha value is -1.09.